The second-order valence-corrected chi connectivity index (χ2v) is 6.78. The number of hydrogen-bond donors (Lipinski definition) is 2. The lowest BCUT2D eigenvalue weighted by Crippen LogP contribution is -2.02. The van der Waals surface area contributed by atoms with Crippen LogP contribution in [0.5, 0.6) is 0 Å². The molecule has 1 aromatic carbocycles. The van der Waals surface area contributed by atoms with E-state index >= 15 is 0 Å². The van der Waals surface area contributed by atoms with Gasteiger partial charge in [-0.25, -0.2) is 28.7 Å². The predicted molar refractivity (Wildman–Crippen MR) is 102 cm³/mol. The Labute approximate surface area is 161 Å². The van der Waals surface area contributed by atoms with E-state index in [9.17, 15) is 14.0 Å². The number of aryl methyl sites for hydroxylation is 1. The summed E-state index contributed by atoms with van der Waals surface area (Å²) in [5.41, 5.74) is 5.88. The number of nitriles is 1. The number of thiazole rings is 1. The third-order valence-corrected chi connectivity index (χ3v) is 4.91. The molecule has 3 heterocycles. The molecule has 10 heteroatoms. The van der Waals surface area contributed by atoms with Crippen molar-refractivity contribution < 1.29 is 8.78 Å². The predicted octanol–water partition coefficient (Wildman–Crippen LogP) is 3.93. The van der Waals surface area contributed by atoms with Gasteiger partial charge in [-0.15, -0.1) is 11.3 Å². The summed E-state index contributed by atoms with van der Waals surface area (Å²) in [4.78, 5) is 16.5. The van der Waals surface area contributed by atoms with Crippen LogP contribution in [0, 0.1) is 29.9 Å². The van der Waals surface area contributed by atoms with E-state index in [1.54, 1.807) is 6.92 Å². The van der Waals surface area contributed by atoms with Gasteiger partial charge in [-0.2, -0.15) is 5.26 Å². The molecule has 0 aliphatic heterocycles. The lowest BCUT2D eigenvalue weighted by Gasteiger charge is -2.07. The molecule has 3 N–H and O–H groups in total. The van der Waals surface area contributed by atoms with Gasteiger partial charge in [0.2, 0.25) is 0 Å². The molecule has 0 unspecified atom stereocenters. The van der Waals surface area contributed by atoms with Gasteiger partial charge in [0, 0.05) is 6.07 Å². The van der Waals surface area contributed by atoms with Crippen molar-refractivity contribution in [3.05, 3.63) is 53.5 Å². The first-order valence-corrected chi connectivity index (χ1v) is 8.80. The van der Waals surface area contributed by atoms with Crippen LogP contribution in [0.3, 0.4) is 0 Å². The van der Waals surface area contributed by atoms with Crippen molar-refractivity contribution in [1.82, 2.24) is 19.9 Å². The molecule has 4 rings (SSSR count). The second-order valence-electron chi connectivity index (χ2n) is 5.78. The van der Waals surface area contributed by atoms with Gasteiger partial charge in [-0.3, -0.25) is 0 Å². The van der Waals surface area contributed by atoms with E-state index < -0.39 is 11.6 Å². The molecule has 0 saturated carbocycles. The molecule has 28 heavy (non-hydrogen) atoms. The first kappa shape index (κ1) is 17.7. The Morgan fingerprint density at radius 3 is 2.75 bits per heavy atom. The van der Waals surface area contributed by atoms with Crippen molar-refractivity contribution in [2.45, 2.75) is 6.92 Å². The molecule has 0 atom stereocenters. The van der Waals surface area contributed by atoms with Gasteiger partial charge in [-0.05, 0) is 19.1 Å². The Balaban J connectivity index is 1.88. The molecule has 0 aliphatic carbocycles. The molecule has 0 saturated heterocycles. The summed E-state index contributed by atoms with van der Waals surface area (Å²) in [6.07, 6.45) is 1.01. The Kier molecular flexibility index (Phi) is 4.29. The van der Waals surface area contributed by atoms with Gasteiger partial charge >= 0.3 is 0 Å². The van der Waals surface area contributed by atoms with E-state index in [0.717, 1.165) is 17.5 Å². The summed E-state index contributed by atoms with van der Waals surface area (Å²) >= 11 is 1.02. The maximum absolute atomic E-state index is 14.3. The Hall–Kier alpha value is -3.71. The zero-order valence-electron chi connectivity index (χ0n) is 14.4. The average Bonchev–Trinajstić information content (AvgIpc) is 3.09. The second kappa shape index (κ2) is 6.79. The summed E-state index contributed by atoms with van der Waals surface area (Å²) in [5, 5.41) is 12.4. The maximum Gasteiger partial charge on any atom is 0.168 e. The van der Waals surface area contributed by atoms with Gasteiger partial charge in [-0.1, -0.05) is 6.07 Å². The number of nitrogen functional groups attached to an aromatic ring is 1. The fourth-order valence-electron chi connectivity index (χ4n) is 2.69. The third kappa shape index (κ3) is 3.08. The summed E-state index contributed by atoms with van der Waals surface area (Å²) in [6.45, 7) is 1.68. The van der Waals surface area contributed by atoms with E-state index in [1.807, 2.05) is 6.07 Å². The first-order valence-electron chi connectivity index (χ1n) is 7.98. The highest BCUT2D eigenvalue weighted by Gasteiger charge is 2.20. The fraction of sp³-hybridized carbons (Fsp3) is 0.0556. The highest BCUT2D eigenvalue weighted by Crippen LogP contribution is 2.38. The number of benzene rings is 1. The van der Waals surface area contributed by atoms with Crippen molar-refractivity contribution in [3.8, 4) is 16.6 Å². The van der Waals surface area contributed by atoms with Gasteiger partial charge in [0.25, 0.3) is 0 Å². The highest BCUT2D eigenvalue weighted by atomic mass is 32.1. The van der Waals surface area contributed by atoms with E-state index in [-0.39, 0.29) is 33.3 Å². The minimum Gasteiger partial charge on any atom is -0.384 e. The van der Waals surface area contributed by atoms with Crippen molar-refractivity contribution in [1.29, 1.82) is 5.26 Å². The topological polar surface area (TPSA) is 113 Å². The number of fused-ring (bicyclic) bond motifs is 1. The van der Waals surface area contributed by atoms with E-state index in [4.69, 9.17) is 5.73 Å². The summed E-state index contributed by atoms with van der Waals surface area (Å²) in [6, 6.07) is 7.58. The van der Waals surface area contributed by atoms with Gasteiger partial charge in [0.15, 0.2) is 11.6 Å². The number of pyridine rings is 1. The van der Waals surface area contributed by atoms with Crippen LogP contribution in [0.4, 0.5) is 26.2 Å². The zero-order valence-corrected chi connectivity index (χ0v) is 15.2. The largest absolute Gasteiger partial charge is 0.384 e. The molecule has 0 spiro atoms. The van der Waals surface area contributed by atoms with Crippen LogP contribution < -0.4 is 11.1 Å². The number of nitrogens with two attached hydrogens (primary N) is 1. The molecular formula is C18H11F2N7S. The van der Waals surface area contributed by atoms with Crippen LogP contribution in [-0.4, -0.2) is 19.9 Å². The minimum atomic E-state index is -0.656. The lowest BCUT2D eigenvalue weighted by molar-refractivity contribution is 0.629. The van der Waals surface area contributed by atoms with Crippen LogP contribution in [0.2, 0.25) is 0 Å². The number of anilines is 3. The summed E-state index contributed by atoms with van der Waals surface area (Å²) in [7, 11) is 0. The Bertz CT molecular complexity index is 1240. The first-order chi connectivity index (χ1) is 13.5. The lowest BCUT2D eigenvalue weighted by atomic mass is 10.1. The molecule has 0 amide bonds. The van der Waals surface area contributed by atoms with Crippen molar-refractivity contribution in [2.24, 2.45) is 0 Å². The monoisotopic (exact) mass is 395 g/mol. The van der Waals surface area contributed by atoms with E-state index in [0.29, 0.717) is 16.3 Å². The number of hydrogen-bond acceptors (Lipinski definition) is 8. The standard InChI is InChI=1S/C18H11F2N7S/c1-8-24-12(22)5-13(25-8)26-17-16-15(11(20)7-23-17)27-18(28-16)14-9(6-21)3-2-4-10(14)19/h2-5,7H,1H3,(H3,22,23,24,25,26). The van der Waals surface area contributed by atoms with E-state index in [1.165, 1.54) is 24.3 Å². The SMILES string of the molecule is Cc1nc(N)cc(Nc2ncc(F)c3nc(-c4c(F)cccc4C#N)sc23)n1. The fourth-order valence-corrected chi connectivity index (χ4v) is 3.77. The van der Waals surface area contributed by atoms with Crippen molar-refractivity contribution in [2.75, 3.05) is 11.1 Å². The molecule has 3 aromatic heterocycles. The Morgan fingerprint density at radius 2 is 2.00 bits per heavy atom. The summed E-state index contributed by atoms with van der Waals surface area (Å²) < 4.78 is 29.0. The van der Waals surface area contributed by atoms with Crippen molar-refractivity contribution >= 4 is 39.0 Å². The summed E-state index contributed by atoms with van der Waals surface area (Å²) in [5.74, 6) is 0.118. The van der Waals surface area contributed by atoms with Crippen LogP contribution in [0.1, 0.15) is 11.4 Å². The number of nitrogens with one attached hydrogen (secondary N) is 1. The highest BCUT2D eigenvalue weighted by molar-refractivity contribution is 7.22. The number of aromatic nitrogens is 4. The number of nitrogens with zero attached hydrogens (tertiary/aromatic N) is 5. The minimum absolute atomic E-state index is 0.0170. The molecule has 0 bridgehead atoms. The number of rotatable bonds is 3. The molecule has 0 radical (unpaired) electrons. The molecule has 0 fully saturated rings. The third-order valence-electron chi connectivity index (χ3n) is 3.83. The van der Waals surface area contributed by atoms with Gasteiger partial charge in [0.05, 0.1) is 23.4 Å². The molecule has 7 nitrogen and oxygen atoms in total. The normalized spacial score (nSPS) is 10.8. The molecular weight excluding hydrogens is 384 g/mol. The van der Waals surface area contributed by atoms with Gasteiger partial charge in [0.1, 0.15) is 38.5 Å². The molecule has 4 aromatic rings. The van der Waals surface area contributed by atoms with Crippen LogP contribution in [0.25, 0.3) is 20.8 Å². The van der Waals surface area contributed by atoms with Gasteiger partial charge < -0.3 is 11.1 Å². The Morgan fingerprint density at radius 1 is 1.18 bits per heavy atom. The number of halogens is 2. The van der Waals surface area contributed by atoms with Crippen LogP contribution in [0.15, 0.2) is 30.5 Å². The quantitative estimate of drug-likeness (QED) is 0.540. The smallest absolute Gasteiger partial charge is 0.168 e. The maximum atomic E-state index is 14.3. The van der Waals surface area contributed by atoms with Crippen molar-refractivity contribution in [3.63, 3.8) is 0 Å². The molecule has 0 aliphatic rings. The van der Waals surface area contributed by atoms with Crippen LogP contribution in [-0.2, 0) is 0 Å². The average molecular weight is 395 g/mol. The van der Waals surface area contributed by atoms with Crippen LogP contribution >= 0.6 is 11.3 Å². The molecule has 138 valence electrons. The van der Waals surface area contributed by atoms with E-state index in [2.05, 4.69) is 25.3 Å². The zero-order chi connectivity index (χ0) is 19.8.